The molecule has 0 aliphatic carbocycles. The number of aldehydes is 1. The van der Waals surface area contributed by atoms with Crippen LogP contribution in [-0.2, 0) is 16.0 Å². The number of carbonyl (C=O) groups is 2. The van der Waals surface area contributed by atoms with Gasteiger partial charge in [0.15, 0.2) is 0 Å². The van der Waals surface area contributed by atoms with Crippen LogP contribution in [0.25, 0.3) is 0 Å². The van der Waals surface area contributed by atoms with Gasteiger partial charge in [0.25, 0.3) is 0 Å². The van der Waals surface area contributed by atoms with Crippen molar-refractivity contribution in [1.29, 1.82) is 0 Å². The van der Waals surface area contributed by atoms with Crippen molar-refractivity contribution in [3.8, 4) is 0 Å². The van der Waals surface area contributed by atoms with E-state index in [1.807, 2.05) is 31.2 Å². The summed E-state index contributed by atoms with van der Waals surface area (Å²) in [5.41, 5.74) is 1.95. The van der Waals surface area contributed by atoms with Crippen molar-refractivity contribution in [3.05, 3.63) is 29.8 Å². The minimum absolute atomic E-state index is 0.108. The average molecular weight is 205 g/mol. The van der Waals surface area contributed by atoms with Crippen molar-refractivity contribution in [2.24, 2.45) is 0 Å². The predicted molar refractivity (Wildman–Crippen MR) is 59.7 cm³/mol. The standard InChI is InChI=1S/C12H15NO2/c1-2-10-6-3-4-7-11(10)13-12(15)8-5-9-14/h3-4,6-7,9H,2,5,8H2,1H3,(H,13,15). The molecular formula is C12H15NO2. The van der Waals surface area contributed by atoms with Gasteiger partial charge in [0, 0.05) is 18.5 Å². The molecule has 1 aromatic rings. The van der Waals surface area contributed by atoms with E-state index in [0.29, 0.717) is 0 Å². The highest BCUT2D eigenvalue weighted by Gasteiger charge is 2.04. The number of amides is 1. The Labute approximate surface area is 89.5 Å². The third kappa shape index (κ3) is 3.54. The van der Waals surface area contributed by atoms with Crippen molar-refractivity contribution in [2.75, 3.05) is 5.32 Å². The van der Waals surface area contributed by atoms with Gasteiger partial charge in [-0.25, -0.2) is 0 Å². The van der Waals surface area contributed by atoms with E-state index in [4.69, 9.17) is 0 Å². The lowest BCUT2D eigenvalue weighted by Crippen LogP contribution is -2.12. The van der Waals surface area contributed by atoms with Crippen molar-refractivity contribution in [1.82, 2.24) is 0 Å². The number of hydrogen-bond donors (Lipinski definition) is 1. The molecule has 0 aromatic heterocycles. The van der Waals surface area contributed by atoms with Crippen LogP contribution >= 0.6 is 0 Å². The van der Waals surface area contributed by atoms with Crippen molar-refractivity contribution >= 4 is 17.9 Å². The zero-order valence-electron chi connectivity index (χ0n) is 8.82. The molecule has 0 radical (unpaired) electrons. The molecule has 80 valence electrons. The van der Waals surface area contributed by atoms with Crippen LogP contribution in [0.2, 0.25) is 0 Å². The zero-order chi connectivity index (χ0) is 11.1. The summed E-state index contributed by atoms with van der Waals surface area (Å²) in [4.78, 5) is 21.5. The SMILES string of the molecule is CCc1ccccc1NC(=O)CCC=O. The van der Waals surface area contributed by atoms with E-state index in [1.54, 1.807) is 0 Å². The van der Waals surface area contributed by atoms with E-state index in [9.17, 15) is 9.59 Å². The van der Waals surface area contributed by atoms with Crippen molar-refractivity contribution in [3.63, 3.8) is 0 Å². The van der Waals surface area contributed by atoms with Gasteiger partial charge >= 0.3 is 0 Å². The third-order valence-corrected chi connectivity index (χ3v) is 2.16. The summed E-state index contributed by atoms with van der Waals surface area (Å²) in [6, 6.07) is 7.68. The lowest BCUT2D eigenvalue weighted by molar-refractivity contribution is -0.118. The largest absolute Gasteiger partial charge is 0.326 e. The van der Waals surface area contributed by atoms with Gasteiger partial charge in [0.1, 0.15) is 6.29 Å². The molecule has 0 aliphatic rings. The van der Waals surface area contributed by atoms with Gasteiger partial charge in [-0.15, -0.1) is 0 Å². The number of aryl methyl sites for hydroxylation is 1. The lowest BCUT2D eigenvalue weighted by atomic mass is 10.1. The molecule has 15 heavy (non-hydrogen) atoms. The molecule has 1 N–H and O–H groups in total. The number of benzene rings is 1. The highest BCUT2D eigenvalue weighted by Crippen LogP contribution is 2.15. The molecule has 0 fully saturated rings. The first-order chi connectivity index (χ1) is 7.27. The van der Waals surface area contributed by atoms with E-state index in [-0.39, 0.29) is 18.7 Å². The maximum Gasteiger partial charge on any atom is 0.224 e. The molecule has 0 heterocycles. The highest BCUT2D eigenvalue weighted by molar-refractivity contribution is 5.92. The fourth-order valence-electron chi connectivity index (χ4n) is 1.35. The number of nitrogens with one attached hydrogen (secondary N) is 1. The minimum atomic E-state index is -0.108. The molecular weight excluding hydrogens is 190 g/mol. The number of hydrogen-bond acceptors (Lipinski definition) is 2. The molecule has 3 heteroatoms. The average Bonchev–Trinajstić information content (AvgIpc) is 2.27. The molecule has 0 bridgehead atoms. The van der Waals surface area contributed by atoms with Crippen LogP contribution in [0.3, 0.4) is 0 Å². The van der Waals surface area contributed by atoms with Crippen LogP contribution < -0.4 is 5.32 Å². The number of rotatable bonds is 5. The van der Waals surface area contributed by atoms with E-state index in [1.165, 1.54) is 0 Å². The maximum absolute atomic E-state index is 11.4. The summed E-state index contributed by atoms with van der Waals surface area (Å²) in [7, 11) is 0. The van der Waals surface area contributed by atoms with E-state index < -0.39 is 0 Å². The molecule has 1 amide bonds. The van der Waals surface area contributed by atoms with Crippen LogP contribution in [0.4, 0.5) is 5.69 Å². The van der Waals surface area contributed by atoms with Crippen molar-refractivity contribution < 1.29 is 9.59 Å². The Hall–Kier alpha value is -1.64. The molecule has 0 aliphatic heterocycles. The Balaban J connectivity index is 2.63. The number of carbonyl (C=O) groups excluding carboxylic acids is 2. The minimum Gasteiger partial charge on any atom is -0.326 e. The summed E-state index contributed by atoms with van der Waals surface area (Å²) in [6.07, 6.45) is 2.16. The molecule has 0 saturated carbocycles. The number of para-hydroxylation sites is 1. The second kappa shape index (κ2) is 5.96. The van der Waals surface area contributed by atoms with Gasteiger partial charge in [0.05, 0.1) is 0 Å². The summed E-state index contributed by atoms with van der Waals surface area (Å²) in [5.74, 6) is -0.108. The fourth-order valence-corrected chi connectivity index (χ4v) is 1.35. The molecule has 0 spiro atoms. The third-order valence-electron chi connectivity index (χ3n) is 2.16. The first-order valence-electron chi connectivity index (χ1n) is 5.09. The molecule has 0 unspecified atom stereocenters. The van der Waals surface area contributed by atoms with Crippen molar-refractivity contribution in [2.45, 2.75) is 26.2 Å². The summed E-state index contributed by atoms with van der Waals surface area (Å²) in [5, 5.41) is 2.80. The second-order valence-electron chi connectivity index (χ2n) is 3.26. The Morgan fingerprint density at radius 3 is 2.80 bits per heavy atom. The molecule has 3 nitrogen and oxygen atoms in total. The van der Waals surface area contributed by atoms with Gasteiger partial charge in [-0.3, -0.25) is 4.79 Å². The topological polar surface area (TPSA) is 46.2 Å². The highest BCUT2D eigenvalue weighted by atomic mass is 16.1. The second-order valence-corrected chi connectivity index (χ2v) is 3.26. The number of anilines is 1. The van der Waals surface area contributed by atoms with Crippen LogP contribution in [0.5, 0.6) is 0 Å². The first kappa shape index (κ1) is 11.4. The monoisotopic (exact) mass is 205 g/mol. The Morgan fingerprint density at radius 2 is 2.13 bits per heavy atom. The van der Waals surface area contributed by atoms with Gasteiger partial charge in [0.2, 0.25) is 5.91 Å². The summed E-state index contributed by atoms with van der Waals surface area (Å²) < 4.78 is 0. The Kier molecular flexibility index (Phi) is 4.54. The fraction of sp³-hybridized carbons (Fsp3) is 0.333. The summed E-state index contributed by atoms with van der Waals surface area (Å²) in [6.45, 7) is 2.04. The molecule has 1 aromatic carbocycles. The van der Waals surface area contributed by atoms with Gasteiger partial charge in [-0.05, 0) is 18.1 Å². The smallest absolute Gasteiger partial charge is 0.224 e. The van der Waals surface area contributed by atoms with Crippen LogP contribution in [0.1, 0.15) is 25.3 Å². The summed E-state index contributed by atoms with van der Waals surface area (Å²) >= 11 is 0. The van der Waals surface area contributed by atoms with E-state index >= 15 is 0 Å². The van der Waals surface area contributed by atoms with Crippen LogP contribution in [0.15, 0.2) is 24.3 Å². The molecule has 0 atom stereocenters. The van der Waals surface area contributed by atoms with Gasteiger partial charge < -0.3 is 10.1 Å². The predicted octanol–water partition coefficient (Wildman–Crippen LogP) is 2.17. The quantitative estimate of drug-likeness (QED) is 0.749. The van der Waals surface area contributed by atoms with Gasteiger partial charge in [-0.2, -0.15) is 0 Å². The van der Waals surface area contributed by atoms with Crippen LogP contribution in [0, 0.1) is 0 Å². The molecule has 0 saturated heterocycles. The van der Waals surface area contributed by atoms with Gasteiger partial charge in [-0.1, -0.05) is 25.1 Å². The first-order valence-corrected chi connectivity index (χ1v) is 5.09. The van der Waals surface area contributed by atoms with E-state index in [2.05, 4.69) is 5.32 Å². The Morgan fingerprint density at radius 1 is 1.40 bits per heavy atom. The maximum atomic E-state index is 11.4. The van der Waals surface area contributed by atoms with Crippen LogP contribution in [-0.4, -0.2) is 12.2 Å². The normalized spacial score (nSPS) is 9.67. The molecule has 1 rings (SSSR count). The zero-order valence-corrected chi connectivity index (χ0v) is 8.82. The Bertz CT molecular complexity index is 347. The van der Waals surface area contributed by atoms with E-state index in [0.717, 1.165) is 24.0 Å². The lowest BCUT2D eigenvalue weighted by Gasteiger charge is -2.08.